The fourth-order valence-electron chi connectivity index (χ4n) is 3.94. The predicted molar refractivity (Wildman–Crippen MR) is 142 cm³/mol. The molecular weight excluding hydrogens is 490 g/mol. The molecule has 9 nitrogen and oxygen atoms in total. The van der Waals surface area contributed by atoms with Gasteiger partial charge in [-0.05, 0) is 41.8 Å². The van der Waals surface area contributed by atoms with Crippen LogP contribution in [0, 0.1) is 0 Å². The van der Waals surface area contributed by atoms with Crippen LogP contribution in [0.2, 0.25) is 0 Å². The zero-order chi connectivity index (χ0) is 25.6. The molecule has 3 aromatic carbocycles. The average Bonchev–Trinajstić information content (AvgIpc) is 3.58. The number of anilines is 2. The van der Waals surface area contributed by atoms with E-state index in [0.29, 0.717) is 33.7 Å². The summed E-state index contributed by atoms with van der Waals surface area (Å²) < 4.78 is 10.8. The van der Waals surface area contributed by atoms with Gasteiger partial charge in [-0.15, -0.1) is 10.2 Å². The number of rotatable bonds is 8. The first kappa shape index (κ1) is 24.3. The minimum atomic E-state index is -0.839. The van der Waals surface area contributed by atoms with Gasteiger partial charge in [0.25, 0.3) is 0 Å². The molecule has 0 aliphatic carbocycles. The number of nitrogens with zero attached hydrogens (tertiary/aromatic N) is 2. The van der Waals surface area contributed by atoms with Gasteiger partial charge in [-0.1, -0.05) is 66.8 Å². The molecule has 1 atom stereocenters. The number of hydrogen-bond acceptors (Lipinski definition) is 7. The van der Waals surface area contributed by atoms with E-state index < -0.39 is 18.0 Å². The molecule has 188 valence electrons. The standard InChI is InChI=1S/C27H25N5O4S/c1-2-18-10-6-7-11-20(18)28-26(34)29-21(14-17-8-4-3-5-9-17)24(33)30-27-32-31-25(37-27)19-12-13-22-23(15-19)36-16-35-22/h3-13,15,21H,2,14,16H2,1H3,(H2,28,29,34)(H,30,32,33). The molecule has 0 spiro atoms. The van der Waals surface area contributed by atoms with Crippen LogP contribution in [0.3, 0.4) is 0 Å². The van der Waals surface area contributed by atoms with Gasteiger partial charge in [-0.25, -0.2) is 4.79 Å². The van der Waals surface area contributed by atoms with Crippen LogP contribution in [0.1, 0.15) is 18.1 Å². The Hall–Kier alpha value is -4.44. The van der Waals surface area contributed by atoms with Crippen molar-refractivity contribution in [2.75, 3.05) is 17.4 Å². The van der Waals surface area contributed by atoms with Crippen LogP contribution in [0.15, 0.2) is 72.8 Å². The third-order valence-corrected chi connectivity index (χ3v) is 6.71. The second-order valence-corrected chi connectivity index (χ2v) is 9.30. The fourth-order valence-corrected chi connectivity index (χ4v) is 4.68. The first-order valence-corrected chi connectivity index (χ1v) is 12.6. The molecular formula is C27H25N5O4S. The molecule has 1 aliphatic heterocycles. The maximum Gasteiger partial charge on any atom is 0.319 e. The maximum absolute atomic E-state index is 13.3. The molecule has 3 N–H and O–H groups in total. The summed E-state index contributed by atoms with van der Waals surface area (Å²) in [5.41, 5.74) is 3.43. The number of ether oxygens (including phenoxy) is 2. The highest BCUT2D eigenvalue weighted by molar-refractivity contribution is 7.18. The smallest absolute Gasteiger partial charge is 0.319 e. The van der Waals surface area contributed by atoms with E-state index in [1.54, 1.807) is 0 Å². The molecule has 0 radical (unpaired) electrons. The summed E-state index contributed by atoms with van der Waals surface area (Å²) >= 11 is 1.23. The Morgan fingerprint density at radius 2 is 1.73 bits per heavy atom. The Kier molecular flexibility index (Phi) is 7.27. The van der Waals surface area contributed by atoms with Gasteiger partial charge >= 0.3 is 6.03 Å². The zero-order valence-corrected chi connectivity index (χ0v) is 20.9. The number of aromatic nitrogens is 2. The Morgan fingerprint density at radius 3 is 2.57 bits per heavy atom. The predicted octanol–water partition coefficient (Wildman–Crippen LogP) is 4.87. The Balaban J connectivity index is 1.30. The van der Waals surface area contributed by atoms with Crippen LogP contribution in [0.4, 0.5) is 15.6 Å². The number of para-hydroxylation sites is 1. The van der Waals surface area contributed by atoms with E-state index in [2.05, 4.69) is 26.1 Å². The molecule has 0 saturated carbocycles. The minimum Gasteiger partial charge on any atom is -0.454 e. The van der Waals surface area contributed by atoms with E-state index in [9.17, 15) is 9.59 Å². The molecule has 0 saturated heterocycles. The van der Waals surface area contributed by atoms with Crippen molar-refractivity contribution in [1.29, 1.82) is 0 Å². The van der Waals surface area contributed by atoms with E-state index >= 15 is 0 Å². The third-order valence-electron chi connectivity index (χ3n) is 5.83. The molecule has 10 heteroatoms. The molecule has 1 unspecified atom stereocenters. The number of aryl methyl sites for hydroxylation is 1. The van der Waals surface area contributed by atoms with Gasteiger partial charge in [-0.2, -0.15) is 0 Å². The van der Waals surface area contributed by atoms with E-state index in [4.69, 9.17) is 9.47 Å². The van der Waals surface area contributed by atoms with E-state index in [-0.39, 0.29) is 6.79 Å². The van der Waals surface area contributed by atoms with Crippen molar-refractivity contribution < 1.29 is 19.1 Å². The summed E-state index contributed by atoms with van der Waals surface area (Å²) in [6, 6.07) is 21.3. The number of urea groups is 1. The number of carbonyl (C=O) groups excluding carboxylic acids is 2. The van der Waals surface area contributed by atoms with Gasteiger partial charge in [0.05, 0.1) is 0 Å². The van der Waals surface area contributed by atoms with Gasteiger partial charge in [0, 0.05) is 17.7 Å². The maximum atomic E-state index is 13.3. The summed E-state index contributed by atoms with van der Waals surface area (Å²) in [7, 11) is 0. The lowest BCUT2D eigenvalue weighted by atomic mass is 10.1. The van der Waals surface area contributed by atoms with Crippen LogP contribution in [0.5, 0.6) is 11.5 Å². The average molecular weight is 516 g/mol. The second-order valence-electron chi connectivity index (χ2n) is 8.32. The van der Waals surface area contributed by atoms with Crippen LogP contribution < -0.4 is 25.4 Å². The van der Waals surface area contributed by atoms with Crippen molar-refractivity contribution >= 4 is 34.1 Å². The number of amides is 3. The first-order chi connectivity index (χ1) is 18.1. The number of fused-ring (bicyclic) bond motifs is 1. The van der Waals surface area contributed by atoms with E-state index in [1.165, 1.54) is 11.3 Å². The van der Waals surface area contributed by atoms with Crippen molar-refractivity contribution in [2.24, 2.45) is 0 Å². The number of hydrogen-bond donors (Lipinski definition) is 3. The van der Waals surface area contributed by atoms with Gasteiger partial charge in [-0.3, -0.25) is 10.1 Å². The molecule has 0 fully saturated rings. The van der Waals surface area contributed by atoms with Crippen molar-refractivity contribution in [3.05, 3.63) is 83.9 Å². The lowest BCUT2D eigenvalue weighted by Crippen LogP contribution is -2.47. The van der Waals surface area contributed by atoms with E-state index in [1.807, 2.05) is 79.7 Å². The van der Waals surface area contributed by atoms with Crippen molar-refractivity contribution in [3.63, 3.8) is 0 Å². The summed E-state index contributed by atoms with van der Waals surface area (Å²) in [6.07, 6.45) is 1.08. The van der Waals surface area contributed by atoms with Gasteiger partial charge in [0.2, 0.25) is 17.8 Å². The Labute approximate surface area is 217 Å². The quantitative estimate of drug-likeness (QED) is 0.309. The molecule has 4 aromatic rings. The summed E-state index contributed by atoms with van der Waals surface area (Å²) in [4.78, 5) is 26.1. The molecule has 0 bridgehead atoms. The summed E-state index contributed by atoms with van der Waals surface area (Å²) in [6.45, 7) is 2.20. The zero-order valence-electron chi connectivity index (χ0n) is 20.1. The van der Waals surface area contributed by atoms with Crippen molar-refractivity contribution in [1.82, 2.24) is 15.5 Å². The third kappa shape index (κ3) is 5.87. The van der Waals surface area contributed by atoms with Crippen LogP contribution >= 0.6 is 11.3 Å². The highest BCUT2D eigenvalue weighted by Crippen LogP contribution is 2.37. The monoisotopic (exact) mass is 515 g/mol. The lowest BCUT2D eigenvalue weighted by molar-refractivity contribution is -0.117. The summed E-state index contributed by atoms with van der Waals surface area (Å²) in [5.74, 6) is 0.925. The summed E-state index contributed by atoms with van der Waals surface area (Å²) in [5, 5.41) is 17.8. The highest BCUT2D eigenvalue weighted by Gasteiger charge is 2.24. The van der Waals surface area contributed by atoms with Crippen LogP contribution in [-0.2, 0) is 17.6 Å². The molecule has 5 rings (SSSR count). The lowest BCUT2D eigenvalue weighted by Gasteiger charge is -2.19. The fraction of sp³-hybridized carbons (Fsp3) is 0.185. The number of nitrogens with one attached hydrogen (secondary N) is 3. The molecule has 37 heavy (non-hydrogen) atoms. The number of benzene rings is 3. The second kappa shape index (κ2) is 11.1. The van der Waals surface area contributed by atoms with Crippen molar-refractivity contribution in [3.8, 4) is 22.1 Å². The number of carbonyl (C=O) groups is 2. The molecule has 1 aliphatic rings. The first-order valence-electron chi connectivity index (χ1n) is 11.8. The largest absolute Gasteiger partial charge is 0.454 e. The highest BCUT2D eigenvalue weighted by atomic mass is 32.1. The van der Waals surface area contributed by atoms with E-state index in [0.717, 1.165) is 23.1 Å². The van der Waals surface area contributed by atoms with Gasteiger partial charge in [0.1, 0.15) is 11.0 Å². The molecule has 1 aromatic heterocycles. The Morgan fingerprint density at radius 1 is 0.946 bits per heavy atom. The normalized spacial score (nSPS) is 12.6. The van der Waals surface area contributed by atoms with Crippen LogP contribution in [0.25, 0.3) is 10.6 Å². The molecule has 2 heterocycles. The topological polar surface area (TPSA) is 114 Å². The Bertz CT molecular complexity index is 1410. The van der Waals surface area contributed by atoms with Crippen LogP contribution in [-0.4, -0.2) is 35.0 Å². The SMILES string of the molecule is CCc1ccccc1NC(=O)NC(Cc1ccccc1)C(=O)Nc1nnc(-c2ccc3c(c2)OCO3)s1. The van der Waals surface area contributed by atoms with Gasteiger partial charge in [0.15, 0.2) is 11.5 Å². The van der Waals surface area contributed by atoms with Crippen molar-refractivity contribution in [2.45, 2.75) is 25.8 Å². The van der Waals surface area contributed by atoms with Gasteiger partial charge < -0.3 is 20.1 Å². The minimum absolute atomic E-state index is 0.184. The molecule has 3 amide bonds.